The lowest BCUT2D eigenvalue weighted by molar-refractivity contribution is -0.140. The van der Waals surface area contributed by atoms with Gasteiger partial charge in [-0.1, -0.05) is 26.0 Å². The van der Waals surface area contributed by atoms with Crippen molar-refractivity contribution in [2.75, 3.05) is 13.1 Å². The van der Waals surface area contributed by atoms with E-state index in [0.717, 1.165) is 4.90 Å². The Morgan fingerprint density at radius 3 is 2.18 bits per heavy atom. The van der Waals surface area contributed by atoms with Gasteiger partial charge in [0.05, 0.1) is 6.04 Å². The Morgan fingerprint density at radius 1 is 1.18 bits per heavy atom. The highest BCUT2D eigenvalue weighted by Gasteiger charge is 2.33. The molecule has 1 atom stereocenters. The number of hydrogen-bond acceptors (Lipinski definition) is 1. The Hall–Kier alpha value is -1.79. The van der Waals surface area contributed by atoms with Gasteiger partial charge in [0, 0.05) is 6.54 Å². The summed E-state index contributed by atoms with van der Waals surface area (Å²) >= 11 is 0. The minimum Gasteiger partial charge on any atom is -0.331 e. The normalized spacial score (nSPS) is 13.1. The third-order valence-corrected chi connectivity index (χ3v) is 2.95. The van der Waals surface area contributed by atoms with Crippen molar-refractivity contribution in [3.05, 3.63) is 35.6 Å². The molecule has 1 N–H and O–H groups in total. The van der Waals surface area contributed by atoms with Gasteiger partial charge in [0.25, 0.3) is 0 Å². The maximum atomic E-state index is 12.8. The summed E-state index contributed by atoms with van der Waals surface area (Å²) < 4.78 is 50.5. The second kappa shape index (κ2) is 7.47. The van der Waals surface area contributed by atoms with E-state index >= 15 is 0 Å². The van der Waals surface area contributed by atoms with Crippen LogP contribution in [0.15, 0.2) is 24.3 Å². The molecule has 0 aliphatic rings. The molecule has 1 rings (SSSR count). The summed E-state index contributed by atoms with van der Waals surface area (Å²) in [6, 6.07) is 4.13. The number of hydrogen-bond donors (Lipinski definition) is 1. The van der Waals surface area contributed by atoms with Gasteiger partial charge in [-0.3, -0.25) is 0 Å². The van der Waals surface area contributed by atoms with Gasteiger partial charge >= 0.3 is 12.2 Å². The second-order valence-electron chi connectivity index (χ2n) is 5.61. The van der Waals surface area contributed by atoms with Gasteiger partial charge in [-0.25, -0.2) is 9.18 Å². The van der Waals surface area contributed by atoms with E-state index in [1.54, 1.807) is 20.8 Å². The van der Waals surface area contributed by atoms with E-state index in [2.05, 4.69) is 5.32 Å². The largest absolute Gasteiger partial charge is 0.406 e. The lowest BCUT2D eigenvalue weighted by atomic mass is 10.1. The quantitative estimate of drug-likeness (QED) is 0.813. The Labute approximate surface area is 127 Å². The zero-order chi connectivity index (χ0) is 16.9. The van der Waals surface area contributed by atoms with Crippen molar-refractivity contribution in [2.45, 2.75) is 33.0 Å². The molecule has 0 saturated carbocycles. The van der Waals surface area contributed by atoms with Gasteiger partial charge < -0.3 is 10.2 Å². The average molecular weight is 320 g/mol. The fourth-order valence-electron chi connectivity index (χ4n) is 1.99. The van der Waals surface area contributed by atoms with Crippen molar-refractivity contribution in [3.63, 3.8) is 0 Å². The number of carbonyl (C=O) groups is 1. The van der Waals surface area contributed by atoms with Crippen molar-refractivity contribution in [2.24, 2.45) is 5.92 Å². The van der Waals surface area contributed by atoms with Gasteiger partial charge in [-0.15, -0.1) is 0 Å². The summed E-state index contributed by atoms with van der Waals surface area (Å²) in [5, 5.41) is 2.51. The molecule has 2 amide bonds. The van der Waals surface area contributed by atoms with Crippen LogP contribution in [0, 0.1) is 11.7 Å². The van der Waals surface area contributed by atoms with Crippen LogP contribution in [0.25, 0.3) is 0 Å². The monoisotopic (exact) mass is 320 g/mol. The van der Waals surface area contributed by atoms with Crippen LogP contribution in [0.3, 0.4) is 0 Å². The summed E-state index contributed by atoms with van der Waals surface area (Å²) in [4.78, 5) is 12.8. The predicted molar refractivity (Wildman–Crippen MR) is 75.8 cm³/mol. The lowest BCUT2D eigenvalue weighted by Gasteiger charge is -2.27. The maximum absolute atomic E-state index is 12.8. The van der Waals surface area contributed by atoms with E-state index < -0.39 is 30.6 Å². The third-order valence-electron chi connectivity index (χ3n) is 2.95. The van der Waals surface area contributed by atoms with Crippen molar-refractivity contribution >= 4 is 6.03 Å². The van der Waals surface area contributed by atoms with E-state index in [9.17, 15) is 22.4 Å². The molecule has 0 aliphatic carbocycles. The first-order valence-corrected chi connectivity index (χ1v) is 6.96. The zero-order valence-electron chi connectivity index (χ0n) is 12.7. The molecule has 124 valence electrons. The molecular formula is C15H20F4N2O. The predicted octanol–water partition coefficient (Wildman–Crippen LogP) is 4.12. The molecule has 0 saturated heterocycles. The minimum absolute atomic E-state index is 0.00147. The molecule has 1 aromatic carbocycles. The van der Waals surface area contributed by atoms with E-state index in [4.69, 9.17) is 0 Å². The van der Waals surface area contributed by atoms with Gasteiger partial charge in [-0.2, -0.15) is 13.2 Å². The van der Waals surface area contributed by atoms with E-state index in [1.807, 2.05) is 0 Å². The SMILES string of the molecule is CC(C)CN(CC(F)(F)F)C(=O)N[C@@H](C)c1ccc(F)cc1. The molecule has 3 nitrogen and oxygen atoms in total. The summed E-state index contributed by atoms with van der Waals surface area (Å²) in [7, 11) is 0. The first-order valence-electron chi connectivity index (χ1n) is 6.96. The van der Waals surface area contributed by atoms with Crippen LogP contribution in [-0.2, 0) is 0 Å². The molecule has 0 unspecified atom stereocenters. The minimum atomic E-state index is -4.45. The highest BCUT2D eigenvalue weighted by molar-refractivity contribution is 5.74. The van der Waals surface area contributed by atoms with Crippen LogP contribution in [-0.4, -0.2) is 30.2 Å². The van der Waals surface area contributed by atoms with E-state index in [0.29, 0.717) is 5.56 Å². The third kappa shape index (κ3) is 6.32. The van der Waals surface area contributed by atoms with E-state index in [1.165, 1.54) is 24.3 Å². The number of amides is 2. The highest BCUT2D eigenvalue weighted by atomic mass is 19.4. The Morgan fingerprint density at radius 2 is 1.73 bits per heavy atom. The standard InChI is InChI=1S/C15H20F4N2O/c1-10(2)8-21(9-15(17,18)19)14(22)20-11(3)12-4-6-13(16)7-5-12/h4-7,10-11H,8-9H2,1-3H3,(H,20,22)/t11-/m0/s1. The fraction of sp³-hybridized carbons (Fsp3) is 0.533. The Balaban J connectivity index is 2.74. The van der Waals surface area contributed by atoms with Crippen molar-refractivity contribution in [1.82, 2.24) is 10.2 Å². The average Bonchev–Trinajstić information content (AvgIpc) is 2.36. The number of halogens is 4. The molecule has 0 aliphatic heterocycles. The van der Waals surface area contributed by atoms with Gasteiger partial charge in [0.2, 0.25) is 0 Å². The number of carbonyl (C=O) groups excluding carboxylic acids is 1. The summed E-state index contributed by atoms with van der Waals surface area (Å²) in [5.74, 6) is -0.505. The zero-order valence-corrected chi connectivity index (χ0v) is 12.7. The second-order valence-corrected chi connectivity index (χ2v) is 5.61. The number of urea groups is 1. The van der Waals surface area contributed by atoms with Gasteiger partial charge in [-0.05, 0) is 30.5 Å². The summed E-state index contributed by atoms with van der Waals surface area (Å²) in [6.45, 7) is 3.81. The first kappa shape index (κ1) is 18.3. The molecule has 0 heterocycles. The number of benzene rings is 1. The smallest absolute Gasteiger partial charge is 0.331 e. The molecule has 7 heteroatoms. The van der Waals surface area contributed by atoms with Crippen molar-refractivity contribution < 1.29 is 22.4 Å². The topological polar surface area (TPSA) is 32.3 Å². The van der Waals surface area contributed by atoms with Crippen molar-refractivity contribution in [3.8, 4) is 0 Å². The summed E-state index contributed by atoms with van der Waals surface area (Å²) in [6.07, 6.45) is -4.45. The van der Waals surface area contributed by atoms with Crippen LogP contribution >= 0.6 is 0 Å². The fourth-order valence-corrected chi connectivity index (χ4v) is 1.99. The molecule has 0 fully saturated rings. The van der Waals surface area contributed by atoms with Crippen LogP contribution in [0.1, 0.15) is 32.4 Å². The molecule has 0 bridgehead atoms. The molecule has 1 aromatic rings. The van der Waals surface area contributed by atoms with Gasteiger partial charge in [0.15, 0.2) is 0 Å². The molecule has 0 radical (unpaired) electrons. The first-order chi connectivity index (χ1) is 10.1. The highest BCUT2D eigenvalue weighted by Crippen LogP contribution is 2.19. The van der Waals surface area contributed by atoms with Crippen LogP contribution < -0.4 is 5.32 Å². The lowest BCUT2D eigenvalue weighted by Crippen LogP contribution is -2.47. The van der Waals surface area contributed by atoms with E-state index in [-0.39, 0.29) is 12.5 Å². The van der Waals surface area contributed by atoms with Crippen molar-refractivity contribution in [1.29, 1.82) is 0 Å². The van der Waals surface area contributed by atoms with Crippen LogP contribution in [0.5, 0.6) is 0 Å². The molecule has 0 aromatic heterocycles. The number of rotatable bonds is 5. The number of nitrogens with one attached hydrogen (secondary N) is 1. The molecular weight excluding hydrogens is 300 g/mol. The van der Waals surface area contributed by atoms with Gasteiger partial charge in [0.1, 0.15) is 12.4 Å². The maximum Gasteiger partial charge on any atom is 0.406 e. The molecule has 0 spiro atoms. The Bertz CT molecular complexity index is 485. The van der Waals surface area contributed by atoms with Crippen LogP contribution in [0.2, 0.25) is 0 Å². The number of nitrogens with zero attached hydrogens (tertiary/aromatic N) is 1. The van der Waals surface area contributed by atoms with Crippen LogP contribution in [0.4, 0.5) is 22.4 Å². The molecule has 22 heavy (non-hydrogen) atoms. The summed E-state index contributed by atoms with van der Waals surface area (Å²) in [5.41, 5.74) is 0.617. The Kier molecular flexibility index (Phi) is 6.20. The number of alkyl halides is 3.